The van der Waals surface area contributed by atoms with Gasteiger partial charge in [-0.3, -0.25) is 9.69 Å². The summed E-state index contributed by atoms with van der Waals surface area (Å²) in [5, 5.41) is 0. The van der Waals surface area contributed by atoms with Gasteiger partial charge in [0.25, 0.3) is 0 Å². The highest BCUT2D eigenvalue weighted by molar-refractivity contribution is 5.77. The Balaban J connectivity index is 1.22. The Morgan fingerprint density at radius 1 is 1.23 bits per heavy atom. The van der Waals surface area contributed by atoms with Crippen LogP contribution in [-0.2, 0) is 20.8 Å². The van der Waals surface area contributed by atoms with E-state index in [1.807, 2.05) is 17.0 Å². The summed E-state index contributed by atoms with van der Waals surface area (Å²) >= 11 is 0. The van der Waals surface area contributed by atoms with Gasteiger partial charge in [0.05, 0.1) is 11.7 Å². The van der Waals surface area contributed by atoms with Gasteiger partial charge < -0.3 is 14.4 Å². The molecule has 5 nitrogen and oxygen atoms in total. The molecular formula is C20H27FN2O3. The quantitative estimate of drug-likeness (QED) is 0.805. The highest BCUT2D eigenvalue weighted by Gasteiger charge is 2.47. The fraction of sp³-hybridized carbons (Fsp3) is 0.650. The number of carbonyl (C=O) groups is 1. The number of nitrogens with zero attached hydrogens (tertiary/aromatic N) is 2. The summed E-state index contributed by atoms with van der Waals surface area (Å²) in [7, 11) is 0. The van der Waals surface area contributed by atoms with Crippen LogP contribution < -0.4 is 0 Å². The minimum absolute atomic E-state index is 0.100. The maximum atomic E-state index is 13.0. The van der Waals surface area contributed by atoms with Gasteiger partial charge in [0.1, 0.15) is 12.4 Å². The molecule has 0 saturated carbocycles. The van der Waals surface area contributed by atoms with Crippen molar-refractivity contribution in [2.75, 3.05) is 39.4 Å². The number of likely N-dealkylation sites (tertiary alicyclic amines) is 2. The predicted molar refractivity (Wildman–Crippen MR) is 95.1 cm³/mol. The summed E-state index contributed by atoms with van der Waals surface area (Å²) in [6, 6.07) is 6.67. The van der Waals surface area contributed by atoms with E-state index in [1.165, 1.54) is 12.1 Å². The smallest absolute Gasteiger partial charge is 0.248 e. The molecular weight excluding hydrogens is 335 g/mol. The van der Waals surface area contributed by atoms with E-state index in [0.29, 0.717) is 6.61 Å². The molecule has 0 N–H and O–H groups in total. The molecule has 142 valence electrons. The molecule has 0 aliphatic carbocycles. The molecule has 1 spiro atoms. The molecule has 3 aliphatic rings. The zero-order valence-corrected chi connectivity index (χ0v) is 15.2. The van der Waals surface area contributed by atoms with Gasteiger partial charge in [-0.2, -0.15) is 0 Å². The number of amides is 1. The maximum Gasteiger partial charge on any atom is 0.248 e. The molecule has 0 radical (unpaired) electrons. The van der Waals surface area contributed by atoms with Crippen molar-refractivity contribution in [2.45, 2.75) is 43.9 Å². The molecule has 3 saturated heterocycles. The van der Waals surface area contributed by atoms with E-state index in [-0.39, 0.29) is 30.0 Å². The minimum Gasteiger partial charge on any atom is -0.372 e. The van der Waals surface area contributed by atoms with Gasteiger partial charge in [0, 0.05) is 45.8 Å². The highest BCUT2D eigenvalue weighted by Crippen LogP contribution is 2.36. The third-order valence-electron chi connectivity index (χ3n) is 5.69. The van der Waals surface area contributed by atoms with E-state index in [4.69, 9.17) is 9.47 Å². The molecule has 26 heavy (non-hydrogen) atoms. The van der Waals surface area contributed by atoms with E-state index in [1.54, 1.807) is 0 Å². The summed E-state index contributed by atoms with van der Waals surface area (Å²) < 4.78 is 25.0. The first-order valence-electron chi connectivity index (χ1n) is 9.62. The second-order valence-corrected chi connectivity index (χ2v) is 7.82. The van der Waals surface area contributed by atoms with Crippen LogP contribution in [0.4, 0.5) is 4.39 Å². The van der Waals surface area contributed by atoms with E-state index in [9.17, 15) is 9.18 Å². The molecule has 1 amide bonds. The number of carbonyl (C=O) groups excluding carboxylic acids is 1. The van der Waals surface area contributed by atoms with Crippen molar-refractivity contribution in [3.8, 4) is 0 Å². The Hall–Kier alpha value is -1.50. The third-order valence-corrected chi connectivity index (χ3v) is 5.69. The predicted octanol–water partition coefficient (Wildman–Crippen LogP) is 2.20. The first-order chi connectivity index (χ1) is 12.6. The minimum atomic E-state index is -0.201. The normalized spacial score (nSPS) is 25.4. The van der Waals surface area contributed by atoms with Crippen LogP contribution >= 0.6 is 0 Å². The zero-order valence-electron chi connectivity index (χ0n) is 15.2. The van der Waals surface area contributed by atoms with Gasteiger partial charge >= 0.3 is 0 Å². The summed E-state index contributed by atoms with van der Waals surface area (Å²) in [5.41, 5.74) is 0.973. The van der Waals surface area contributed by atoms with Crippen molar-refractivity contribution in [1.29, 1.82) is 0 Å². The van der Waals surface area contributed by atoms with Gasteiger partial charge in [-0.1, -0.05) is 12.1 Å². The average molecular weight is 362 g/mol. The van der Waals surface area contributed by atoms with Gasteiger partial charge in [0.2, 0.25) is 5.91 Å². The van der Waals surface area contributed by atoms with E-state index < -0.39 is 0 Å². The number of rotatable bonds is 5. The Morgan fingerprint density at radius 3 is 2.69 bits per heavy atom. The lowest BCUT2D eigenvalue weighted by Gasteiger charge is -2.53. The maximum absolute atomic E-state index is 13.0. The molecule has 3 heterocycles. The molecule has 4 rings (SSSR count). The lowest BCUT2D eigenvalue weighted by Crippen LogP contribution is -2.65. The summed E-state index contributed by atoms with van der Waals surface area (Å²) in [6.45, 7) is 5.17. The Kier molecular flexibility index (Phi) is 5.25. The van der Waals surface area contributed by atoms with Crippen LogP contribution in [0.5, 0.6) is 0 Å². The van der Waals surface area contributed by atoms with Gasteiger partial charge in [0.15, 0.2) is 0 Å². The molecule has 6 heteroatoms. The molecule has 0 bridgehead atoms. The third kappa shape index (κ3) is 4.08. The Bertz CT molecular complexity index is 624. The second-order valence-electron chi connectivity index (χ2n) is 7.82. The van der Waals surface area contributed by atoms with E-state index >= 15 is 0 Å². The Morgan fingerprint density at radius 2 is 1.96 bits per heavy atom. The number of hydrogen-bond acceptors (Lipinski definition) is 4. The fourth-order valence-electron chi connectivity index (χ4n) is 4.32. The largest absolute Gasteiger partial charge is 0.372 e. The van der Waals surface area contributed by atoms with Crippen LogP contribution in [0.25, 0.3) is 0 Å². The monoisotopic (exact) mass is 362 g/mol. The van der Waals surface area contributed by atoms with Crippen LogP contribution in [0.1, 0.15) is 31.2 Å². The molecule has 1 aromatic carbocycles. The molecule has 3 fully saturated rings. The fourth-order valence-corrected chi connectivity index (χ4v) is 4.32. The van der Waals surface area contributed by atoms with Crippen LogP contribution in [0.3, 0.4) is 0 Å². The van der Waals surface area contributed by atoms with E-state index in [0.717, 1.165) is 64.0 Å². The summed E-state index contributed by atoms with van der Waals surface area (Å²) in [5.74, 6) is -0.0810. The number of ether oxygens (including phenoxy) is 2. The topological polar surface area (TPSA) is 42.0 Å². The first kappa shape index (κ1) is 17.9. The van der Waals surface area contributed by atoms with Crippen LogP contribution in [0.15, 0.2) is 24.3 Å². The zero-order chi connectivity index (χ0) is 18.0. The average Bonchev–Trinajstić information content (AvgIpc) is 3.15. The standard InChI is InChI=1S/C20H27FN2O3/c21-17-5-3-16(4-6-17)12-22-14-20(15-22)11-18(7-10-26-20)25-13-19(24)23-8-1-2-9-23/h3-6,18H,1-2,7-15H2/t18-/m1/s1. The lowest BCUT2D eigenvalue weighted by molar-refractivity contribution is -0.200. The summed E-state index contributed by atoms with van der Waals surface area (Å²) in [4.78, 5) is 16.4. The van der Waals surface area contributed by atoms with Crippen molar-refractivity contribution in [1.82, 2.24) is 9.80 Å². The van der Waals surface area contributed by atoms with Gasteiger partial charge in [-0.25, -0.2) is 4.39 Å². The molecule has 3 aliphatic heterocycles. The lowest BCUT2D eigenvalue weighted by atomic mass is 9.84. The molecule has 1 atom stereocenters. The number of halogens is 1. The van der Waals surface area contributed by atoms with Gasteiger partial charge in [-0.05, 0) is 37.0 Å². The Labute approximate surface area is 154 Å². The highest BCUT2D eigenvalue weighted by atomic mass is 19.1. The molecule has 0 unspecified atom stereocenters. The van der Waals surface area contributed by atoms with Crippen molar-refractivity contribution >= 4 is 5.91 Å². The molecule has 1 aromatic rings. The van der Waals surface area contributed by atoms with Crippen molar-refractivity contribution in [3.63, 3.8) is 0 Å². The van der Waals surface area contributed by atoms with Crippen molar-refractivity contribution in [2.24, 2.45) is 0 Å². The van der Waals surface area contributed by atoms with Crippen LogP contribution in [-0.4, -0.2) is 66.8 Å². The first-order valence-corrected chi connectivity index (χ1v) is 9.62. The summed E-state index contributed by atoms with van der Waals surface area (Å²) in [6.07, 6.45) is 4.02. The molecule has 0 aromatic heterocycles. The van der Waals surface area contributed by atoms with Crippen LogP contribution in [0.2, 0.25) is 0 Å². The number of benzene rings is 1. The van der Waals surface area contributed by atoms with Crippen molar-refractivity contribution in [3.05, 3.63) is 35.6 Å². The van der Waals surface area contributed by atoms with Gasteiger partial charge in [-0.15, -0.1) is 0 Å². The second kappa shape index (κ2) is 7.62. The number of hydrogen-bond donors (Lipinski definition) is 0. The van der Waals surface area contributed by atoms with E-state index in [2.05, 4.69) is 4.90 Å². The van der Waals surface area contributed by atoms with Crippen molar-refractivity contribution < 1.29 is 18.7 Å². The SMILES string of the molecule is O=C(CO[C@@H]1CCOC2(C1)CN(Cc1ccc(F)cc1)C2)N1CCCC1. The van der Waals surface area contributed by atoms with Crippen LogP contribution in [0, 0.1) is 5.82 Å².